The van der Waals surface area contributed by atoms with Gasteiger partial charge in [-0.1, -0.05) is 66.7 Å². The van der Waals surface area contributed by atoms with E-state index in [1.807, 2.05) is 18.2 Å². The van der Waals surface area contributed by atoms with Gasteiger partial charge in [-0.05, 0) is 47.7 Å². The van der Waals surface area contributed by atoms with Crippen molar-refractivity contribution in [1.29, 1.82) is 0 Å². The van der Waals surface area contributed by atoms with Crippen molar-refractivity contribution in [1.82, 2.24) is 4.90 Å². The van der Waals surface area contributed by atoms with Gasteiger partial charge in [-0.15, -0.1) is 0 Å². The van der Waals surface area contributed by atoms with Gasteiger partial charge >= 0.3 is 0 Å². The molecule has 0 amide bonds. The molecule has 2 atom stereocenters. The van der Waals surface area contributed by atoms with Crippen LogP contribution < -0.4 is 4.74 Å². The zero-order valence-corrected chi connectivity index (χ0v) is 20.6. The van der Waals surface area contributed by atoms with Crippen molar-refractivity contribution in [3.8, 4) is 5.75 Å². The second kappa shape index (κ2) is 13.4. The summed E-state index contributed by atoms with van der Waals surface area (Å²) in [4.78, 5) is 2.05. The minimum Gasteiger partial charge on any atom is -0.494 e. The summed E-state index contributed by atoms with van der Waals surface area (Å²) in [5.41, 5.74) is 4.90. The monoisotopic (exact) mass is 475 g/mol. The molecule has 4 rings (SSSR count). The van der Waals surface area contributed by atoms with E-state index in [1.54, 1.807) is 0 Å². The summed E-state index contributed by atoms with van der Waals surface area (Å²) < 4.78 is 18.1. The van der Waals surface area contributed by atoms with Crippen molar-refractivity contribution in [2.45, 2.75) is 45.0 Å². The van der Waals surface area contributed by atoms with Crippen LogP contribution in [0, 0.1) is 6.92 Å². The first kappa shape index (κ1) is 25.4. The van der Waals surface area contributed by atoms with Crippen molar-refractivity contribution in [3.05, 3.63) is 101 Å². The van der Waals surface area contributed by atoms with Gasteiger partial charge in [-0.2, -0.15) is 0 Å². The molecule has 0 radical (unpaired) electrons. The number of rotatable bonds is 12. The van der Waals surface area contributed by atoms with E-state index in [2.05, 4.69) is 72.5 Å². The normalized spacial score (nSPS) is 18.5. The molecular formula is C30H37NO4. The van der Waals surface area contributed by atoms with Crippen LogP contribution in [-0.2, 0) is 22.7 Å². The third-order valence-corrected chi connectivity index (χ3v) is 6.68. The molecule has 0 aromatic heterocycles. The number of hydrogen-bond donors (Lipinski definition) is 1. The lowest BCUT2D eigenvalue weighted by molar-refractivity contribution is -0.0444. The number of ether oxygens (including phenoxy) is 3. The van der Waals surface area contributed by atoms with Crippen LogP contribution in [0.25, 0.3) is 0 Å². The summed E-state index contributed by atoms with van der Waals surface area (Å²) in [5, 5.41) is 9.67. The summed E-state index contributed by atoms with van der Waals surface area (Å²) >= 11 is 0. The Kier molecular flexibility index (Phi) is 9.73. The highest BCUT2D eigenvalue weighted by Gasteiger charge is 2.31. The average molecular weight is 476 g/mol. The standard InChI is InChI=1S/C30H37NO4/c1-24-8-5-6-11-27(24)22-35-30-20-31(23-32)17-16-29(30)26-12-14-28(15-13-26)34-19-7-18-33-21-25-9-3-2-4-10-25/h2-6,8-15,29-30,32H,7,16-23H2,1H3. The van der Waals surface area contributed by atoms with Crippen LogP contribution in [0.2, 0.25) is 0 Å². The summed E-state index contributed by atoms with van der Waals surface area (Å²) in [7, 11) is 0. The number of aliphatic hydroxyl groups is 1. The fourth-order valence-corrected chi connectivity index (χ4v) is 4.55. The Labute approximate surface area is 209 Å². The third-order valence-electron chi connectivity index (χ3n) is 6.68. The van der Waals surface area contributed by atoms with Crippen LogP contribution in [0.5, 0.6) is 5.75 Å². The molecule has 1 heterocycles. The van der Waals surface area contributed by atoms with Gasteiger partial charge in [0.2, 0.25) is 0 Å². The predicted octanol–water partition coefficient (Wildman–Crippen LogP) is 5.31. The second-order valence-electron chi connectivity index (χ2n) is 9.20. The summed E-state index contributed by atoms with van der Waals surface area (Å²) in [6.07, 6.45) is 1.84. The SMILES string of the molecule is Cc1ccccc1COC1CN(CO)CCC1c1ccc(OCCCOCc2ccccc2)cc1. The number of nitrogens with zero attached hydrogens (tertiary/aromatic N) is 1. The van der Waals surface area contributed by atoms with Gasteiger partial charge in [-0.3, -0.25) is 4.90 Å². The van der Waals surface area contributed by atoms with Gasteiger partial charge in [0.15, 0.2) is 0 Å². The van der Waals surface area contributed by atoms with Gasteiger partial charge in [-0.25, -0.2) is 0 Å². The molecule has 0 bridgehead atoms. The number of likely N-dealkylation sites (tertiary alicyclic amines) is 1. The Balaban J connectivity index is 1.26. The molecule has 1 fully saturated rings. The molecule has 1 N–H and O–H groups in total. The first-order chi connectivity index (χ1) is 17.2. The minimum atomic E-state index is 0.0315. The maximum atomic E-state index is 9.67. The molecule has 0 spiro atoms. The van der Waals surface area contributed by atoms with Crippen LogP contribution in [0.4, 0.5) is 0 Å². The van der Waals surface area contributed by atoms with Crippen LogP contribution in [0.15, 0.2) is 78.9 Å². The quantitative estimate of drug-likeness (QED) is 0.360. The minimum absolute atomic E-state index is 0.0315. The second-order valence-corrected chi connectivity index (χ2v) is 9.20. The van der Waals surface area contributed by atoms with Crippen LogP contribution in [-0.4, -0.2) is 49.1 Å². The maximum Gasteiger partial charge on any atom is 0.119 e. The lowest BCUT2D eigenvalue weighted by Gasteiger charge is -2.38. The van der Waals surface area contributed by atoms with Crippen molar-refractivity contribution < 1.29 is 19.3 Å². The Bertz CT molecular complexity index is 1010. The van der Waals surface area contributed by atoms with Gasteiger partial charge in [0, 0.05) is 25.4 Å². The van der Waals surface area contributed by atoms with E-state index in [0.717, 1.165) is 31.7 Å². The Hall–Kier alpha value is -2.70. The first-order valence-corrected chi connectivity index (χ1v) is 12.6. The van der Waals surface area contributed by atoms with Crippen molar-refractivity contribution in [3.63, 3.8) is 0 Å². The Morgan fingerprint density at radius 2 is 1.66 bits per heavy atom. The molecule has 5 heteroatoms. The fourth-order valence-electron chi connectivity index (χ4n) is 4.55. The molecule has 35 heavy (non-hydrogen) atoms. The highest BCUT2D eigenvalue weighted by molar-refractivity contribution is 5.31. The molecule has 5 nitrogen and oxygen atoms in total. The molecule has 1 saturated heterocycles. The van der Waals surface area contributed by atoms with Crippen molar-refractivity contribution >= 4 is 0 Å². The van der Waals surface area contributed by atoms with Crippen LogP contribution in [0.3, 0.4) is 0 Å². The molecule has 0 saturated carbocycles. The first-order valence-electron chi connectivity index (χ1n) is 12.6. The fraction of sp³-hybridized carbons (Fsp3) is 0.400. The van der Waals surface area contributed by atoms with E-state index in [9.17, 15) is 5.11 Å². The highest BCUT2D eigenvalue weighted by atomic mass is 16.5. The van der Waals surface area contributed by atoms with E-state index < -0.39 is 0 Å². The number of aryl methyl sites for hydroxylation is 1. The largest absolute Gasteiger partial charge is 0.494 e. The molecule has 1 aliphatic heterocycles. The van der Waals surface area contributed by atoms with Gasteiger partial charge in [0.1, 0.15) is 5.75 Å². The van der Waals surface area contributed by atoms with Gasteiger partial charge in [0.25, 0.3) is 0 Å². The number of aliphatic hydroxyl groups excluding tert-OH is 1. The van der Waals surface area contributed by atoms with E-state index in [1.165, 1.54) is 22.3 Å². The summed E-state index contributed by atoms with van der Waals surface area (Å²) in [6.45, 7) is 6.31. The number of piperidine rings is 1. The molecule has 186 valence electrons. The molecule has 0 aliphatic carbocycles. The lowest BCUT2D eigenvalue weighted by Crippen LogP contribution is -2.44. The van der Waals surface area contributed by atoms with Crippen molar-refractivity contribution in [2.75, 3.05) is 33.0 Å². The molecule has 2 unspecified atom stereocenters. The smallest absolute Gasteiger partial charge is 0.119 e. The number of benzene rings is 3. The zero-order valence-electron chi connectivity index (χ0n) is 20.6. The van der Waals surface area contributed by atoms with Crippen LogP contribution >= 0.6 is 0 Å². The zero-order chi connectivity index (χ0) is 24.3. The summed E-state index contributed by atoms with van der Waals surface area (Å²) in [5.74, 6) is 1.17. The Morgan fingerprint density at radius 1 is 0.886 bits per heavy atom. The topological polar surface area (TPSA) is 51.2 Å². The van der Waals surface area contributed by atoms with E-state index in [4.69, 9.17) is 14.2 Å². The van der Waals surface area contributed by atoms with Crippen molar-refractivity contribution in [2.24, 2.45) is 0 Å². The third kappa shape index (κ3) is 7.64. The van der Waals surface area contributed by atoms with E-state index in [-0.39, 0.29) is 12.8 Å². The van der Waals surface area contributed by atoms with E-state index in [0.29, 0.717) is 32.3 Å². The maximum absolute atomic E-state index is 9.67. The summed E-state index contributed by atoms with van der Waals surface area (Å²) in [6, 6.07) is 27.0. The lowest BCUT2D eigenvalue weighted by atomic mass is 9.87. The molecule has 3 aromatic rings. The molecule has 3 aromatic carbocycles. The predicted molar refractivity (Wildman–Crippen MR) is 138 cm³/mol. The molecule has 1 aliphatic rings. The van der Waals surface area contributed by atoms with E-state index >= 15 is 0 Å². The Morgan fingerprint density at radius 3 is 2.43 bits per heavy atom. The number of hydrogen-bond acceptors (Lipinski definition) is 5. The highest BCUT2D eigenvalue weighted by Crippen LogP contribution is 2.32. The van der Waals surface area contributed by atoms with Gasteiger partial charge < -0.3 is 19.3 Å². The van der Waals surface area contributed by atoms with Gasteiger partial charge in [0.05, 0.1) is 39.3 Å². The van der Waals surface area contributed by atoms with Crippen LogP contribution in [0.1, 0.15) is 41.0 Å². The average Bonchev–Trinajstić information content (AvgIpc) is 2.91. The molecular weight excluding hydrogens is 438 g/mol.